The third kappa shape index (κ3) is 6.69. The Hall–Kier alpha value is -1.63. The Bertz CT molecular complexity index is 997. The zero-order valence-corrected chi connectivity index (χ0v) is 21.9. The summed E-state index contributed by atoms with van der Waals surface area (Å²) in [5, 5.41) is 17.0. The quantitative estimate of drug-likeness (QED) is 0.254. The van der Waals surface area contributed by atoms with Gasteiger partial charge in [0.25, 0.3) is 0 Å². The summed E-state index contributed by atoms with van der Waals surface area (Å²) in [6.45, 7) is 7.92. The number of aliphatic hydroxyl groups is 1. The Morgan fingerprint density at radius 2 is 1.81 bits per heavy atom. The monoisotopic (exact) mass is 576 g/mol. The Labute approximate surface area is 207 Å². The molecule has 0 saturated carbocycles. The number of guanidine groups is 1. The van der Waals surface area contributed by atoms with Crippen molar-refractivity contribution in [2.24, 2.45) is 4.99 Å². The van der Waals surface area contributed by atoms with Crippen LogP contribution < -0.4 is 10.6 Å². The van der Waals surface area contributed by atoms with Gasteiger partial charge >= 0.3 is 0 Å². The number of rotatable bonds is 8. The molecule has 3 rings (SSSR count). The molecule has 1 aliphatic rings. The number of halogens is 1. The van der Waals surface area contributed by atoms with E-state index in [-0.39, 0.29) is 30.5 Å². The standard InChI is InChI=1S/C22H32N4O4S.HI/c1-4-23-21(25-16-22(3,27)20-12-7-17(2)30-20)24-15-18-8-10-19(11-9-18)31(28,29)26-13-5-6-14-26;/h7-12,27H,4-6,13-16H2,1-3H3,(H2,23,24,25);1H. The van der Waals surface area contributed by atoms with Gasteiger partial charge in [0.2, 0.25) is 10.0 Å². The summed E-state index contributed by atoms with van der Waals surface area (Å²) >= 11 is 0. The van der Waals surface area contributed by atoms with Gasteiger partial charge in [-0.3, -0.25) is 0 Å². The summed E-state index contributed by atoms with van der Waals surface area (Å²) in [7, 11) is -3.41. The highest BCUT2D eigenvalue weighted by molar-refractivity contribution is 14.0. The molecule has 0 spiro atoms. The fraction of sp³-hybridized carbons (Fsp3) is 0.500. The summed E-state index contributed by atoms with van der Waals surface area (Å²) in [4.78, 5) is 4.86. The molecule has 0 aliphatic carbocycles. The van der Waals surface area contributed by atoms with Crippen molar-refractivity contribution in [1.29, 1.82) is 0 Å². The van der Waals surface area contributed by atoms with Crippen LogP contribution in [0.4, 0.5) is 0 Å². The second-order valence-electron chi connectivity index (χ2n) is 7.99. The number of aliphatic imine (C=N–C) groups is 1. The third-order valence-corrected chi connectivity index (χ3v) is 7.17. The molecule has 3 N–H and O–H groups in total. The second kappa shape index (κ2) is 11.5. The predicted octanol–water partition coefficient (Wildman–Crippen LogP) is 2.95. The topological polar surface area (TPSA) is 107 Å². The fourth-order valence-electron chi connectivity index (χ4n) is 3.42. The highest BCUT2D eigenvalue weighted by atomic mass is 127. The van der Waals surface area contributed by atoms with Crippen LogP contribution in [0.3, 0.4) is 0 Å². The average molecular weight is 577 g/mol. The molecule has 0 radical (unpaired) electrons. The maximum atomic E-state index is 12.6. The molecular weight excluding hydrogens is 543 g/mol. The zero-order chi connectivity index (χ0) is 22.5. The van der Waals surface area contributed by atoms with Gasteiger partial charge in [0, 0.05) is 19.6 Å². The van der Waals surface area contributed by atoms with Crippen LogP contribution in [-0.4, -0.2) is 50.0 Å². The minimum atomic E-state index is -3.41. The molecular formula is C22H33IN4O4S. The smallest absolute Gasteiger partial charge is 0.243 e. The van der Waals surface area contributed by atoms with Crippen LogP contribution in [0.15, 0.2) is 50.7 Å². The second-order valence-corrected chi connectivity index (χ2v) is 9.93. The summed E-state index contributed by atoms with van der Waals surface area (Å²) in [6.07, 6.45) is 1.83. The van der Waals surface area contributed by atoms with Crippen LogP contribution >= 0.6 is 24.0 Å². The van der Waals surface area contributed by atoms with Gasteiger partial charge in [0.15, 0.2) is 5.96 Å². The molecule has 1 aromatic heterocycles. The van der Waals surface area contributed by atoms with Crippen LogP contribution in [0, 0.1) is 6.92 Å². The van der Waals surface area contributed by atoms with Crippen LogP contribution in [-0.2, 0) is 22.2 Å². The minimum absolute atomic E-state index is 0. The van der Waals surface area contributed by atoms with E-state index in [0.29, 0.717) is 42.8 Å². The van der Waals surface area contributed by atoms with Crippen molar-refractivity contribution in [2.45, 2.75) is 50.7 Å². The van der Waals surface area contributed by atoms with Crippen molar-refractivity contribution < 1.29 is 17.9 Å². The Morgan fingerprint density at radius 1 is 1.16 bits per heavy atom. The number of aryl methyl sites for hydroxylation is 1. The van der Waals surface area contributed by atoms with E-state index < -0.39 is 15.6 Å². The van der Waals surface area contributed by atoms with Crippen LogP contribution in [0.5, 0.6) is 0 Å². The van der Waals surface area contributed by atoms with Crippen molar-refractivity contribution in [3.05, 3.63) is 53.5 Å². The predicted molar refractivity (Wildman–Crippen MR) is 136 cm³/mol. The molecule has 10 heteroatoms. The average Bonchev–Trinajstić information content (AvgIpc) is 3.43. The summed E-state index contributed by atoms with van der Waals surface area (Å²) in [5.41, 5.74) is -0.290. The van der Waals surface area contributed by atoms with Crippen molar-refractivity contribution >= 4 is 40.0 Å². The van der Waals surface area contributed by atoms with Gasteiger partial charge in [-0.15, -0.1) is 24.0 Å². The van der Waals surface area contributed by atoms with Gasteiger partial charge in [0.1, 0.15) is 17.1 Å². The first kappa shape index (κ1) is 26.6. The maximum absolute atomic E-state index is 12.6. The van der Waals surface area contributed by atoms with E-state index in [1.165, 1.54) is 0 Å². The number of benzene rings is 1. The molecule has 1 unspecified atom stereocenters. The van der Waals surface area contributed by atoms with Gasteiger partial charge in [-0.25, -0.2) is 13.4 Å². The molecule has 32 heavy (non-hydrogen) atoms. The molecule has 0 bridgehead atoms. The molecule has 1 saturated heterocycles. The SMILES string of the molecule is CCNC(=NCc1ccc(S(=O)(=O)N2CCCC2)cc1)NCC(C)(O)c1ccc(C)o1.I. The van der Waals surface area contributed by atoms with E-state index in [1.54, 1.807) is 41.6 Å². The Balaban J connectivity index is 0.00000363. The molecule has 178 valence electrons. The third-order valence-electron chi connectivity index (χ3n) is 5.26. The molecule has 8 nitrogen and oxygen atoms in total. The Morgan fingerprint density at radius 3 is 2.38 bits per heavy atom. The summed E-state index contributed by atoms with van der Waals surface area (Å²) in [5.74, 6) is 1.79. The Kier molecular flexibility index (Phi) is 9.55. The molecule has 2 aromatic rings. The molecule has 2 heterocycles. The number of nitrogens with zero attached hydrogens (tertiary/aromatic N) is 2. The van der Waals surface area contributed by atoms with E-state index >= 15 is 0 Å². The van der Waals surface area contributed by atoms with Gasteiger partial charge < -0.3 is 20.2 Å². The highest BCUT2D eigenvalue weighted by Crippen LogP contribution is 2.22. The van der Waals surface area contributed by atoms with E-state index in [1.807, 2.05) is 19.9 Å². The number of sulfonamides is 1. The molecule has 1 atom stereocenters. The van der Waals surface area contributed by atoms with Gasteiger partial charge in [-0.05, 0) is 63.4 Å². The lowest BCUT2D eigenvalue weighted by Gasteiger charge is -2.22. The summed E-state index contributed by atoms with van der Waals surface area (Å²) in [6, 6.07) is 10.4. The van der Waals surface area contributed by atoms with Gasteiger partial charge in [-0.1, -0.05) is 12.1 Å². The van der Waals surface area contributed by atoms with Gasteiger partial charge in [-0.2, -0.15) is 4.31 Å². The first-order valence-electron chi connectivity index (χ1n) is 10.6. The van der Waals surface area contributed by atoms with Crippen molar-refractivity contribution in [1.82, 2.24) is 14.9 Å². The number of furan rings is 1. The lowest BCUT2D eigenvalue weighted by atomic mass is 10.0. The molecule has 1 aliphatic heterocycles. The van der Waals surface area contributed by atoms with E-state index in [4.69, 9.17) is 4.42 Å². The van der Waals surface area contributed by atoms with Crippen LogP contribution in [0.25, 0.3) is 0 Å². The van der Waals surface area contributed by atoms with Crippen LogP contribution in [0.2, 0.25) is 0 Å². The van der Waals surface area contributed by atoms with E-state index in [9.17, 15) is 13.5 Å². The lowest BCUT2D eigenvalue weighted by molar-refractivity contribution is 0.0378. The van der Waals surface area contributed by atoms with Crippen LogP contribution in [0.1, 0.15) is 43.8 Å². The van der Waals surface area contributed by atoms with Crippen molar-refractivity contribution in [2.75, 3.05) is 26.2 Å². The molecule has 0 amide bonds. The number of nitrogens with one attached hydrogen (secondary N) is 2. The molecule has 1 fully saturated rings. The maximum Gasteiger partial charge on any atom is 0.243 e. The normalized spacial score (nSPS) is 16.9. The zero-order valence-electron chi connectivity index (χ0n) is 18.8. The largest absolute Gasteiger partial charge is 0.463 e. The number of hydrogen-bond acceptors (Lipinski definition) is 5. The number of hydrogen-bond donors (Lipinski definition) is 3. The summed E-state index contributed by atoms with van der Waals surface area (Å²) < 4.78 is 32.4. The fourth-order valence-corrected chi connectivity index (χ4v) is 4.94. The van der Waals surface area contributed by atoms with E-state index in [2.05, 4.69) is 15.6 Å². The van der Waals surface area contributed by atoms with Crippen molar-refractivity contribution in [3.8, 4) is 0 Å². The van der Waals surface area contributed by atoms with E-state index in [0.717, 1.165) is 24.2 Å². The first-order chi connectivity index (χ1) is 14.7. The van der Waals surface area contributed by atoms with Gasteiger partial charge in [0.05, 0.1) is 18.0 Å². The van der Waals surface area contributed by atoms with Crippen molar-refractivity contribution in [3.63, 3.8) is 0 Å². The molecule has 1 aromatic carbocycles. The lowest BCUT2D eigenvalue weighted by Crippen LogP contribution is -2.44. The highest BCUT2D eigenvalue weighted by Gasteiger charge is 2.28. The minimum Gasteiger partial charge on any atom is -0.463 e. The first-order valence-corrected chi connectivity index (χ1v) is 12.1.